The van der Waals surface area contributed by atoms with E-state index in [1.165, 1.54) is 6.33 Å². The monoisotopic (exact) mass is 213 g/mol. The lowest BCUT2D eigenvalue weighted by Crippen LogP contribution is -2.35. The van der Waals surface area contributed by atoms with Crippen LogP contribution in [0.25, 0.3) is 0 Å². The van der Waals surface area contributed by atoms with Gasteiger partial charge in [0.1, 0.15) is 12.2 Å². The molecule has 0 aromatic carbocycles. The Labute approximate surface area is 86.3 Å². The first-order valence-corrected chi connectivity index (χ1v) is 4.43. The number of rotatable bonds is 4. The number of H-pyrrole nitrogens is 1. The quantitative estimate of drug-likeness (QED) is 0.577. The van der Waals surface area contributed by atoms with Crippen molar-refractivity contribution in [3.05, 3.63) is 12.2 Å². The molecule has 1 unspecified atom stereocenters. The summed E-state index contributed by atoms with van der Waals surface area (Å²) in [4.78, 5) is 15.4. The standard InChI is InChI=1S/C7H11N5OS/c1-4(6(8)14)7(13)9-2-5-10-3-11-12-5/h3-4H,2H2,1H3,(H2,8,14)(H,9,13)(H,10,11,12). The lowest BCUT2D eigenvalue weighted by Gasteiger charge is -2.08. The van der Waals surface area contributed by atoms with Crippen LogP contribution in [0.5, 0.6) is 0 Å². The fourth-order valence-corrected chi connectivity index (χ4v) is 0.876. The van der Waals surface area contributed by atoms with Crippen molar-refractivity contribution in [3.63, 3.8) is 0 Å². The average molecular weight is 213 g/mol. The summed E-state index contributed by atoms with van der Waals surface area (Å²) in [5.74, 6) is -0.0877. The van der Waals surface area contributed by atoms with E-state index in [1.807, 2.05) is 0 Å². The molecule has 0 fully saturated rings. The van der Waals surface area contributed by atoms with Crippen LogP contribution in [-0.4, -0.2) is 26.1 Å². The van der Waals surface area contributed by atoms with Gasteiger partial charge >= 0.3 is 0 Å². The highest BCUT2D eigenvalue weighted by Crippen LogP contribution is 1.95. The number of hydrogen-bond acceptors (Lipinski definition) is 4. The minimum atomic E-state index is -0.465. The van der Waals surface area contributed by atoms with Crippen LogP contribution < -0.4 is 11.1 Å². The topological polar surface area (TPSA) is 96.7 Å². The van der Waals surface area contributed by atoms with Gasteiger partial charge in [0.2, 0.25) is 5.91 Å². The third-order valence-corrected chi connectivity index (χ3v) is 2.07. The molecule has 0 spiro atoms. The van der Waals surface area contributed by atoms with Crippen LogP contribution in [0, 0.1) is 5.92 Å². The number of thiocarbonyl (C=S) groups is 1. The molecule has 0 bridgehead atoms. The summed E-state index contributed by atoms with van der Waals surface area (Å²) < 4.78 is 0. The highest BCUT2D eigenvalue weighted by molar-refractivity contribution is 7.80. The molecular formula is C7H11N5OS. The highest BCUT2D eigenvalue weighted by atomic mass is 32.1. The van der Waals surface area contributed by atoms with Gasteiger partial charge in [0.15, 0.2) is 0 Å². The Kier molecular flexibility index (Phi) is 3.52. The van der Waals surface area contributed by atoms with Gasteiger partial charge in [-0.2, -0.15) is 5.10 Å². The van der Waals surface area contributed by atoms with Gasteiger partial charge in [-0.25, -0.2) is 4.98 Å². The molecule has 1 heterocycles. The van der Waals surface area contributed by atoms with Crippen molar-refractivity contribution < 1.29 is 4.79 Å². The first-order chi connectivity index (χ1) is 6.61. The van der Waals surface area contributed by atoms with Gasteiger partial charge < -0.3 is 11.1 Å². The molecule has 1 amide bonds. The van der Waals surface area contributed by atoms with E-state index in [4.69, 9.17) is 5.73 Å². The molecule has 0 saturated carbocycles. The van der Waals surface area contributed by atoms with E-state index in [0.29, 0.717) is 12.4 Å². The number of aromatic amines is 1. The second-order valence-electron chi connectivity index (χ2n) is 2.77. The Morgan fingerprint density at radius 2 is 2.57 bits per heavy atom. The van der Waals surface area contributed by atoms with Crippen molar-refractivity contribution in [2.24, 2.45) is 11.7 Å². The first kappa shape index (κ1) is 10.6. The molecule has 0 aliphatic heterocycles. The van der Waals surface area contributed by atoms with Gasteiger partial charge in [-0.3, -0.25) is 9.89 Å². The lowest BCUT2D eigenvalue weighted by molar-refractivity contribution is -0.122. The predicted molar refractivity (Wildman–Crippen MR) is 54.2 cm³/mol. The van der Waals surface area contributed by atoms with Gasteiger partial charge in [-0.15, -0.1) is 0 Å². The van der Waals surface area contributed by atoms with E-state index in [2.05, 4.69) is 32.7 Å². The number of amides is 1. The molecule has 0 aliphatic carbocycles. The van der Waals surface area contributed by atoms with Gasteiger partial charge in [0, 0.05) is 0 Å². The molecule has 76 valence electrons. The van der Waals surface area contributed by atoms with E-state index in [9.17, 15) is 4.79 Å². The lowest BCUT2D eigenvalue weighted by atomic mass is 10.2. The summed E-state index contributed by atoms with van der Waals surface area (Å²) in [7, 11) is 0. The zero-order valence-electron chi connectivity index (χ0n) is 7.65. The van der Waals surface area contributed by atoms with Gasteiger partial charge in [0.05, 0.1) is 17.5 Å². The maximum Gasteiger partial charge on any atom is 0.230 e. The number of aromatic nitrogens is 3. The van der Waals surface area contributed by atoms with E-state index in [0.717, 1.165) is 0 Å². The number of carbonyl (C=O) groups is 1. The average Bonchev–Trinajstić information content (AvgIpc) is 2.65. The van der Waals surface area contributed by atoms with Gasteiger partial charge in [0.25, 0.3) is 0 Å². The first-order valence-electron chi connectivity index (χ1n) is 4.02. The Hall–Kier alpha value is -1.50. The summed E-state index contributed by atoms with van der Waals surface area (Å²) in [5, 5.41) is 8.89. The van der Waals surface area contributed by atoms with E-state index < -0.39 is 5.92 Å². The van der Waals surface area contributed by atoms with Crippen LogP contribution in [0.2, 0.25) is 0 Å². The molecule has 0 radical (unpaired) electrons. The second-order valence-corrected chi connectivity index (χ2v) is 3.25. The molecule has 1 aromatic rings. The molecule has 0 saturated heterocycles. The third kappa shape index (κ3) is 2.77. The molecule has 1 atom stereocenters. The zero-order valence-corrected chi connectivity index (χ0v) is 8.47. The Balaban J connectivity index is 2.39. The summed E-state index contributed by atoms with van der Waals surface area (Å²) in [6, 6.07) is 0. The second kappa shape index (κ2) is 4.66. The minimum Gasteiger partial charge on any atom is -0.393 e. The summed E-state index contributed by atoms with van der Waals surface area (Å²) in [5.41, 5.74) is 5.32. The number of nitrogens with one attached hydrogen (secondary N) is 2. The number of carbonyl (C=O) groups excluding carboxylic acids is 1. The SMILES string of the molecule is CC(C(=O)NCc1ncn[nH]1)C(N)=S. The predicted octanol–water partition coefficient (Wildman–Crippen LogP) is -0.657. The fraction of sp³-hybridized carbons (Fsp3) is 0.429. The summed E-state index contributed by atoms with van der Waals surface area (Å²) in [6.07, 6.45) is 1.37. The zero-order chi connectivity index (χ0) is 10.6. The molecule has 4 N–H and O–H groups in total. The Morgan fingerprint density at radius 1 is 1.86 bits per heavy atom. The highest BCUT2D eigenvalue weighted by Gasteiger charge is 2.14. The molecule has 14 heavy (non-hydrogen) atoms. The normalized spacial score (nSPS) is 12.1. The maximum absolute atomic E-state index is 11.3. The third-order valence-electron chi connectivity index (χ3n) is 1.72. The number of hydrogen-bond donors (Lipinski definition) is 3. The van der Waals surface area contributed by atoms with Crippen molar-refractivity contribution in [1.29, 1.82) is 0 Å². The van der Waals surface area contributed by atoms with Crippen LogP contribution in [0.15, 0.2) is 6.33 Å². The van der Waals surface area contributed by atoms with Crippen molar-refractivity contribution in [1.82, 2.24) is 20.5 Å². The summed E-state index contributed by atoms with van der Waals surface area (Å²) in [6.45, 7) is 1.95. The molecule has 6 nitrogen and oxygen atoms in total. The van der Waals surface area contributed by atoms with Crippen molar-refractivity contribution in [3.8, 4) is 0 Å². The Morgan fingerprint density at radius 3 is 3.07 bits per heavy atom. The van der Waals surface area contributed by atoms with Crippen LogP contribution in [0.3, 0.4) is 0 Å². The smallest absolute Gasteiger partial charge is 0.230 e. The molecule has 0 aliphatic rings. The largest absolute Gasteiger partial charge is 0.393 e. The van der Waals surface area contributed by atoms with E-state index in [1.54, 1.807) is 6.92 Å². The number of nitrogens with zero attached hydrogens (tertiary/aromatic N) is 2. The maximum atomic E-state index is 11.3. The van der Waals surface area contributed by atoms with Crippen LogP contribution in [0.1, 0.15) is 12.7 Å². The van der Waals surface area contributed by atoms with Crippen LogP contribution >= 0.6 is 12.2 Å². The molecule has 7 heteroatoms. The van der Waals surface area contributed by atoms with Crippen LogP contribution in [-0.2, 0) is 11.3 Å². The molecule has 1 aromatic heterocycles. The summed E-state index contributed by atoms with van der Waals surface area (Å²) >= 11 is 4.69. The van der Waals surface area contributed by atoms with E-state index in [-0.39, 0.29) is 10.9 Å². The minimum absolute atomic E-state index is 0.181. The fourth-order valence-electron chi connectivity index (χ4n) is 0.769. The van der Waals surface area contributed by atoms with Crippen molar-refractivity contribution in [2.75, 3.05) is 0 Å². The number of nitrogens with two attached hydrogens (primary N) is 1. The van der Waals surface area contributed by atoms with E-state index >= 15 is 0 Å². The molecule has 1 rings (SSSR count). The van der Waals surface area contributed by atoms with Gasteiger partial charge in [-0.05, 0) is 6.92 Å². The molecular weight excluding hydrogens is 202 g/mol. The Bertz CT molecular complexity index is 323. The van der Waals surface area contributed by atoms with Crippen LogP contribution in [0.4, 0.5) is 0 Å². The van der Waals surface area contributed by atoms with Crippen molar-refractivity contribution in [2.45, 2.75) is 13.5 Å². The van der Waals surface area contributed by atoms with Gasteiger partial charge in [-0.1, -0.05) is 12.2 Å². The van der Waals surface area contributed by atoms with Crippen molar-refractivity contribution >= 4 is 23.1 Å².